The maximum absolute atomic E-state index is 13.4. The van der Waals surface area contributed by atoms with Gasteiger partial charge >= 0.3 is 0 Å². The number of aliphatic hydroxyl groups excluding tert-OH is 1. The zero-order chi connectivity index (χ0) is 13.0. The molecule has 1 atom stereocenters. The van der Waals surface area contributed by atoms with Crippen LogP contribution in [0.1, 0.15) is 4.88 Å². The molecule has 0 bridgehead atoms. The maximum atomic E-state index is 13.4. The third-order valence-corrected chi connectivity index (χ3v) is 5.24. The van der Waals surface area contributed by atoms with Gasteiger partial charge in [-0.3, -0.25) is 0 Å². The van der Waals surface area contributed by atoms with Gasteiger partial charge < -0.3 is 5.11 Å². The van der Waals surface area contributed by atoms with E-state index in [0.717, 1.165) is 9.35 Å². The Kier molecular flexibility index (Phi) is 5.24. The monoisotopic (exact) mass is 346 g/mol. The van der Waals surface area contributed by atoms with Crippen LogP contribution in [-0.2, 0) is 6.42 Å². The molecule has 0 aliphatic carbocycles. The summed E-state index contributed by atoms with van der Waals surface area (Å²) >= 11 is 6.34. The lowest BCUT2D eigenvalue weighted by Gasteiger charge is -2.09. The summed E-state index contributed by atoms with van der Waals surface area (Å²) in [7, 11) is 0. The van der Waals surface area contributed by atoms with Crippen molar-refractivity contribution in [3.63, 3.8) is 0 Å². The van der Waals surface area contributed by atoms with Crippen LogP contribution in [-0.4, -0.2) is 17.0 Å². The van der Waals surface area contributed by atoms with Crippen molar-refractivity contribution in [2.75, 3.05) is 5.75 Å². The molecular weight excluding hydrogens is 335 g/mol. The molecule has 18 heavy (non-hydrogen) atoms. The summed E-state index contributed by atoms with van der Waals surface area (Å²) in [6.45, 7) is 0. The Morgan fingerprint density at radius 1 is 1.39 bits per heavy atom. The second-order valence-electron chi connectivity index (χ2n) is 3.83. The number of thiophene rings is 1. The average molecular weight is 347 g/mol. The van der Waals surface area contributed by atoms with Crippen molar-refractivity contribution in [2.45, 2.75) is 17.4 Å². The van der Waals surface area contributed by atoms with Gasteiger partial charge in [-0.2, -0.15) is 0 Å². The first-order valence-electron chi connectivity index (χ1n) is 5.43. The lowest BCUT2D eigenvalue weighted by molar-refractivity contribution is 0.201. The second kappa shape index (κ2) is 6.70. The summed E-state index contributed by atoms with van der Waals surface area (Å²) in [5, 5.41) is 11.9. The highest BCUT2D eigenvalue weighted by Gasteiger charge is 2.10. The first-order chi connectivity index (χ1) is 8.65. The number of hydrogen-bond acceptors (Lipinski definition) is 3. The molecule has 0 saturated carbocycles. The Bertz CT molecular complexity index is 515. The highest BCUT2D eigenvalue weighted by Crippen LogP contribution is 2.25. The Morgan fingerprint density at radius 3 is 2.83 bits per heavy atom. The Morgan fingerprint density at radius 2 is 2.17 bits per heavy atom. The minimum absolute atomic E-state index is 0.228. The van der Waals surface area contributed by atoms with Crippen LogP contribution in [0, 0.1) is 5.82 Å². The third-order valence-electron chi connectivity index (χ3n) is 2.33. The summed E-state index contributed by atoms with van der Waals surface area (Å²) in [6.07, 6.45) is 0.151. The molecular formula is C13H12BrFOS2. The second-order valence-corrected chi connectivity index (χ2v) is 6.80. The fraction of sp³-hybridized carbons (Fsp3) is 0.231. The van der Waals surface area contributed by atoms with E-state index in [0.29, 0.717) is 17.1 Å². The molecule has 0 amide bonds. The molecule has 0 aliphatic rings. The minimum atomic E-state index is -0.458. The highest BCUT2D eigenvalue weighted by molar-refractivity contribution is 9.10. The van der Waals surface area contributed by atoms with Gasteiger partial charge in [-0.1, -0.05) is 12.1 Å². The van der Waals surface area contributed by atoms with E-state index in [1.807, 2.05) is 11.4 Å². The zero-order valence-electron chi connectivity index (χ0n) is 9.48. The highest BCUT2D eigenvalue weighted by atomic mass is 79.9. The van der Waals surface area contributed by atoms with Gasteiger partial charge in [-0.25, -0.2) is 4.39 Å². The van der Waals surface area contributed by atoms with Crippen molar-refractivity contribution in [3.8, 4) is 0 Å². The lowest BCUT2D eigenvalue weighted by atomic mass is 10.2. The number of benzene rings is 1. The van der Waals surface area contributed by atoms with Crippen molar-refractivity contribution in [2.24, 2.45) is 0 Å². The van der Waals surface area contributed by atoms with Crippen molar-refractivity contribution >= 4 is 39.0 Å². The van der Waals surface area contributed by atoms with E-state index < -0.39 is 6.10 Å². The van der Waals surface area contributed by atoms with Gasteiger partial charge in [0.25, 0.3) is 0 Å². The van der Waals surface area contributed by atoms with Crippen molar-refractivity contribution in [1.82, 2.24) is 0 Å². The molecule has 0 saturated heterocycles. The molecule has 5 heteroatoms. The smallest absolute Gasteiger partial charge is 0.136 e. The predicted octanol–water partition coefficient (Wildman–Crippen LogP) is 4.35. The van der Waals surface area contributed by atoms with E-state index in [2.05, 4.69) is 15.9 Å². The number of hydrogen-bond donors (Lipinski definition) is 1. The van der Waals surface area contributed by atoms with Crippen molar-refractivity contribution < 1.29 is 9.50 Å². The van der Waals surface area contributed by atoms with E-state index in [1.54, 1.807) is 29.5 Å². The number of thioether (sulfide) groups is 1. The standard InChI is InChI=1S/C13H12BrFOS2/c14-9-5-11(17-7-9)6-10(16)8-18-13-4-2-1-3-12(13)15/h1-5,7,10,16H,6,8H2. The summed E-state index contributed by atoms with van der Waals surface area (Å²) < 4.78 is 14.4. The van der Waals surface area contributed by atoms with Gasteiger partial charge in [0.05, 0.1) is 6.10 Å². The van der Waals surface area contributed by atoms with E-state index in [9.17, 15) is 9.50 Å². The van der Waals surface area contributed by atoms with Gasteiger partial charge in [-0.15, -0.1) is 23.1 Å². The first kappa shape index (κ1) is 14.1. The number of aliphatic hydroxyl groups is 1. The molecule has 96 valence electrons. The molecule has 0 spiro atoms. The van der Waals surface area contributed by atoms with Crippen LogP contribution in [0.5, 0.6) is 0 Å². The fourth-order valence-corrected chi connectivity index (χ4v) is 3.89. The quantitative estimate of drug-likeness (QED) is 0.812. The first-order valence-corrected chi connectivity index (χ1v) is 8.09. The van der Waals surface area contributed by atoms with E-state index in [-0.39, 0.29) is 5.82 Å². The SMILES string of the molecule is OC(CSc1ccccc1F)Cc1cc(Br)cs1. The average Bonchev–Trinajstić information content (AvgIpc) is 2.74. The molecule has 1 aromatic heterocycles. The van der Waals surface area contributed by atoms with Crippen LogP contribution < -0.4 is 0 Å². The zero-order valence-corrected chi connectivity index (χ0v) is 12.7. The topological polar surface area (TPSA) is 20.2 Å². The largest absolute Gasteiger partial charge is 0.392 e. The molecule has 1 heterocycles. The van der Waals surface area contributed by atoms with Gasteiger partial charge in [0.15, 0.2) is 0 Å². The van der Waals surface area contributed by atoms with E-state index in [4.69, 9.17) is 0 Å². The Labute approximate surface area is 122 Å². The molecule has 0 radical (unpaired) electrons. The van der Waals surface area contributed by atoms with Crippen molar-refractivity contribution in [1.29, 1.82) is 0 Å². The van der Waals surface area contributed by atoms with E-state index in [1.165, 1.54) is 17.8 Å². The van der Waals surface area contributed by atoms with Gasteiger partial charge in [0.1, 0.15) is 5.82 Å². The number of rotatable bonds is 5. The Hall–Kier alpha value is -0.360. The van der Waals surface area contributed by atoms with Gasteiger partial charge in [0, 0.05) is 31.8 Å². The molecule has 0 fully saturated rings. The Balaban J connectivity index is 1.85. The molecule has 1 N–H and O–H groups in total. The summed E-state index contributed by atoms with van der Waals surface area (Å²) in [4.78, 5) is 1.72. The summed E-state index contributed by atoms with van der Waals surface area (Å²) in [5.74, 6) is 0.268. The normalized spacial score (nSPS) is 12.6. The van der Waals surface area contributed by atoms with Crippen LogP contribution in [0.2, 0.25) is 0 Å². The molecule has 1 aromatic carbocycles. The van der Waals surface area contributed by atoms with E-state index >= 15 is 0 Å². The molecule has 1 nitrogen and oxygen atoms in total. The molecule has 2 rings (SSSR count). The van der Waals surface area contributed by atoms with Gasteiger partial charge in [-0.05, 0) is 34.1 Å². The third kappa shape index (κ3) is 4.09. The van der Waals surface area contributed by atoms with Gasteiger partial charge in [0.2, 0.25) is 0 Å². The molecule has 1 unspecified atom stereocenters. The van der Waals surface area contributed by atoms with Crippen molar-refractivity contribution in [3.05, 3.63) is 50.9 Å². The molecule has 0 aliphatic heterocycles. The minimum Gasteiger partial charge on any atom is -0.392 e. The van der Waals surface area contributed by atoms with Crippen LogP contribution in [0.25, 0.3) is 0 Å². The lowest BCUT2D eigenvalue weighted by Crippen LogP contribution is -2.12. The number of halogens is 2. The van der Waals surface area contributed by atoms with Crippen LogP contribution >= 0.6 is 39.0 Å². The van der Waals surface area contributed by atoms with Crippen LogP contribution in [0.3, 0.4) is 0 Å². The fourth-order valence-electron chi connectivity index (χ4n) is 1.50. The predicted molar refractivity (Wildman–Crippen MR) is 78.9 cm³/mol. The summed E-state index contributed by atoms with van der Waals surface area (Å²) in [5.41, 5.74) is 0. The summed E-state index contributed by atoms with van der Waals surface area (Å²) in [6, 6.07) is 8.63. The van der Waals surface area contributed by atoms with Crippen LogP contribution in [0.4, 0.5) is 4.39 Å². The van der Waals surface area contributed by atoms with Crippen LogP contribution in [0.15, 0.2) is 45.1 Å². The maximum Gasteiger partial charge on any atom is 0.136 e. The molecule has 2 aromatic rings.